The first-order valence-corrected chi connectivity index (χ1v) is 6.92. The van der Waals surface area contributed by atoms with E-state index in [9.17, 15) is 15.0 Å². The van der Waals surface area contributed by atoms with Crippen molar-refractivity contribution in [2.24, 2.45) is 5.41 Å². The third kappa shape index (κ3) is 1.98. The van der Waals surface area contributed by atoms with Crippen LogP contribution in [0.15, 0.2) is 18.2 Å². The fourth-order valence-corrected chi connectivity index (χ4v) is 2.69. The summed E-state index contributed by atoms with van der Waals surface area (Å²) in [4.78, 5) is 15.8. The van der Waals surface area contributed by atoms with Crippen molar-refractivity contribution in [3.8, 4) is 0 Å². The van der Waals surface area contributed by atoms with Gasteiger partial charge in [0, 0.05) is 18.4 Å². The molecule has 3 rings (SSSR count). The topological polar surface area (TPSA) is 75.3 Å². The molecule has 1 aliphatic rings. The Morgan fingerprint density at radius 2 is 2.20 bits per heavy atom. The van der Waals surface area contributed by atoms with E-state index >= 15 is 0 Å². The second kappa shape index (κ2) is 4.59. The summed E-state index contributed by atoms with van der Waals surface area (Å²) in [6, 6.07) is 5.24. The van der Waals surface area contributed by atoms with Crippen molar-refractivity contribution in [1.82, 2.24) is 9.55 Å². The number of aromatic nitrogens is 2. The highest BCUT2D eigenvalue weighted by Crippen LogP contribution is 2.47. The Labute approximate surface area is 116 Å². The SMILES string of the molecule is CCc1nc2c(C(=O)O)cccc2n1CC1(CO)CC1. The molecule has 1 fully saturated rings. The van der Waals surface area contributed by atoms with Crippen molar-refractivity contribution in [3.05, 3.63) is 29.6 Å². The van der Waals surface area contributed by atoms with E-state index in [0.717, 1.165) is 30.6 Å². The molecule has 2 aromatic rings. The first kappa shape index (κ1) is 13.1. The number of carboxylic acids is 1. The summed E-state index contributed by atoms with van der Waals surface area (Å²) in [5.74, 6) is -0.0698. The first-order valence-electron chi connectivity index (χ1n) is 6.92. The number of aryl methyl sites for hydroxylation is 1. The van der Waals surface area contributed by atoms with Gasteiger partial charge in [0.2, 0.25) is 0 Å². The molecule has 5 nitrogen and oxygen atoms in total. The molecule has 1 aliphatic carbocycles. The van der Waals surface area contributed by atoms with Gasteiger partial charge in [-0.15, -0.1) is 0 Å². The van der Waals surface area contributed by atoms with Gasteiger partial charge in [-0.05, 0) is 25.0 Å². The van der Waals surface area contributed by atoms with Gasteiger partial charge in [-0.25, -0.2) is 9.78 Å². The fraction of sp³-hybridized carbons (Fsp3) is 0.467. The number of nitrogens with zero attached hydrogens (tertiary/aromatic N) is 2. The zero-order valence-corrected chi connectivity index (χ0v) is 11.5. The Balaban J connectivity index is 2.15. The van der Waals surface area contributed by atoms with Crippen LogP contribution in [-0.2, 0) is 13.0 Å². The Kier molecular flexibility index (Phi) is 3.01. The van der Waals surface area contributed by atoms with Crippen LogP contribution in [0, 0.1) is 5.41 Å². The normalized spacial score (nSPS) is 16.5. The number of aliphatic hydroxyl groups excluding tert-OH is 1. The number of carbonyl (C=O) groups is 1. The average molecular weight is 274 g/mol. The number of para-hydroxylation sites is 1. The van der Waals surface area contributed by atoms with Gasteiger partial charge >= 0.3 is 5.97 Å². The summed E-state index contributed by atoms with van der Waals surface area (Å²) in [6.45, 7) is 2.90. The van der Waals surface area contributed by atoms with Crippen LogP contribution in [0.4, 0.5) is 0 Å². The maximum atomic E-state index is 11.3. The molecule has 0 saturated heterocycles. The van der Waals surface area contributed by atoms with Gasteiger partial charge in [-0.1, -0.05) is 13.0 Å². The number of carboxylic acid groups (broad SMARTS) is 1. The molecule has 106 valence electrons. The predicted octanol–water partition coefficient (Wildman–Crippen LogP) is 2.07. The van der Waals surface area contributed by atoms with Crippen molar-refractivity contribution < 1.29 is 15.0 Å². The maximum Gasteiger partial charge on any atom is 0.337 e. The van der Waals surface area contributed by atoms with E-state index in [4.69, 9.17) is 0 Å². The molecule has 0 spiro atoms. The van der Waals surface area contributed by atoms with E-state index in [1.807, 2.05) is 13.0 Å². The Bertz CT molecular complexity index is 671. The van der Waals surface area contributed by atoms with Gasteiger partial charge < -0.3 is 14.8 Å². The molecular formula is C15H18N2O3. The minimum atomic E-state index is -0.953. The molecule has 0 bridgehead atoms. The Morgan fingerprint density at radius 3 is 2.75 bits per heavy atom. The molecule has 1 heterocycles. The van der Waals surface area contributed by atoms with Gasteiger partial charge in [0.25, 0.3) is 0 Å². The predicted molar refractivity (Wildman–Crippen MR) is 74.8 cm³/mol. The van der Waals surface area contributed by atoms with E-state index in [2.05, 4.69) is 9.55 Å². The summed E-state index contributed by atoms with van der Waals surface area (Å²) in [7, 11) is 0. The van der Waals surface area contributed by atoms with Gasteiger partial charge in [-0.3, -0.25) is 0 Å². The van der Waals surface area contributed by atoms with E-state index in [0.29, 0.717) is 12.1 Å². The van der Waals surface area contributed by atoms with Crippen LogP contribution in [0.5, 0.6) is 0 Å². The van der Waals surface area contributed by atoms with Crippen molar-refractivity contribution in [3.63, 3.8) is 0 Å². The highest BCUT2D eigenvalue weighted by molar-refractivity contribution is 6.01. The van der Waals surface area contributed by atoms with Crippen LogP contribution < -0.4 is 0 Å². The van der Waals surface area contributed by atoms with E-state index in [1.165, 1.54) is 0 Å². The number of hydrogen-bond donors (Lipinski definition) is 2. The van der Waals surface area contributed by atoms with Gasteiger partial charge in [0.1, 0.15) is 11.3 Å². The highest BCUT2D eigenvalue weighted by atomic mass is 16.4. The Hall–Kier alpha value is -1.88. The number of aromatic carboxylic acids is 1. The fourth-order valence-electron chi connectivity index (χ4n) is 2.69. The van der Waals surface area contributed by atoms with Crippen LogP contribution >= 0.6 is 0 Å². The zero-order valence-electron chi connectivity index (χ0n) is 11.5. The minimum absolute atomic E-state index is 0.0310. The van der Waals surface area contributed by atoms with Crippen LogP contribution in [-0.4, -0.2) is 32.3 Å². The van der Waals surface area contributed by atoms with Gasteiger partial charge in [-0.2, -0.15) is 0 Å². The van der Waals surface area contributed by atoms with Crippen LogP contribution in [0.1, 0.15) is 35.9 Å². The van der Waals surface area contributed by atoms with Crippen molar-refractivity contribution in [2.75, 3.05) is 6.61 Å². The first-order chi connectivity index (χ1) is 9.60. The van der Waals surface area contributed by atoms with E-state index in [-0.39, 0.29) is 17.6 Å². The lowest BCUT2D eigenvalue weighted by atomic mass is 10.1. The summed E-state index contributed by atoms with van der Waals surface area (Å²) in [6.07, 6.45) is 2.78. The number of hydrogen-bond acceptors (Lipinski definition) is 3. The molecule has 0 atom stereocenters. The van der Waals surface area contributed by atoms with Gasteiger partial charge in [0.05, 0.1) is 17.7 Å². The number of rotatable bonds is 5. The molecule has 1 saturated carbocycles. The number of aliphatic hydroxyl groups is 1. The maximum absolute atomic E-state index is 11.3. The van der Waals surface area contributed by atoms with Crippen LogP contribution in [0.2, 0.25) is 0 Å². The van der Waals surface area contributed by atoms with Crippen molar-refractivity contribution in [2.45, 2.75) is 32.7 Å². The summed E-state index contributed by atoms with van der Waals surface area (Å²) in [5, 5.41) is 18.8. The molecule has 1 aromatic heterocycles. The highest BCUT2D eigenvalue weighted by Gasteiger charge is 2.43. The quantitative estimate of drug-likeness (QED) is 0.875. The molecule has 1 aromatic carbocycles. The molecule has 0 radical (unpaired) electrons. The van der Waals surface area contributed by atoms with E-state index < -0.39 is 5.97 Å². The zero-order chi connectivity index (χ0) is 14.3. The third-order valence-electron chi connectivity index (χ3n) is 4.19. The van der Waals surface area contributed by atoms with Crippen LogP contribution in [0.3, 0.4) is 0 Å². The summed E-state index contributed by atoms with van der Waals surface area (Å²) in [5.41, 5.74) is 1.61. The molecule has 0 amide bonds. The lowest BCUT2D eigenvalue weighted by Gasteiger charge is -2.15. The number of fused-ring (bicyclic) bond motifs is 1. The van der Waals surface area contributed by atoms with Crippen molar-refractivity contribution in [1.29, 1.82) is 0 Å². The van der Waals surface area contributed by atoms with Crippen LogP contribution in [0.25, 0.3) is 11.0 Å². The number of imidazole rings is 1. The monoisotopic (exact) mass is 274 g/mol. The van der Waals surface area contributed by atoms with E-state index in [1.54, 1.807) is 12.1 Å². The molecule has 5 heteroatoms. The molecule has 0 aliphatic heterocycles. The number of benzene rings is 1. The Morgan fingerprint density at radius 1 is 1.45 bits per heavy atom. The lowest BCUT2D eigenvalue weighted by Crippen LogP contribution is -2.17. The summed E-state index contributed by atoms with van der Waals surface area (Å²) < 4.78 is 2.07. The largest absolute Gasteiger partial charge is 0.478 e. The summed E-state index contributed by atoms with van der Waals surface area (Å²) >= 11 is 0. The molecular weight excluding hydrogens is 256 g/mol. The molecule has 0 unspecified atom stereocenters. The smallest absolute Gasteiger partial charge is 0.337 e. The standard InChI is InChI=1S/C15H18N2O3/c1-2-12-16-13-10(14(19)20)4-3-5-11(13)17(12)8-15(9-18)6-7-15/h3-5,18H,2,6-9H2,1H3,(H,19,20). The lowest BCUT2D eigenvalue weighted by molar-refractivity contribution is 0.0699. The van der Waals surface area contributed by atoms with Crippen molar-refractivity contribution >= 4 is 17.0 Å². The second-order valence-electron chi connectivity index (χ2n) is 5.60. The minimum Gasteiger partial charge on any atom is -0.478 e. The van der Waals surface area contributed by atoms with Gasteiger partial charge in [0.15, 0.2) is 0 Å². The third-order valence-corrected chi connectivity index (χ3v) is 4.19. The second-order valence-corrected chi connectivity index (χ2v) is 5.60. The molecule has 20 heavy (non-hydrogen) atoms. The average Bonchev–Trinajstić information content (AvgIpc) is 3.14. The molecule has 2 N–H and O–H groups in total.